The standard InChI is InChI=1S/C12H15ClS/c13-11-4-1-3-10(9-11)6-7-12-5-2-8-14-12/h2,5,8-9,11H,1,3-4,6-7H2. The van der Waals surface area contributed by atoms with Gasteiger partial charge < -0.3 is 0 Å². The Hall–Kier alpha value is -0.270. The molecule has 0 aliphatic heterocycles. The summed E-state index contributed by atoms with van der Waals surface area (Å²) in [6.07, 6.45) is 8.33. The van der Waals surface area contributed by atoms with Crippen molar-refractivity contribution in [2.24, 2.45) is 0 Å². The van der Waals surface area contributed by atoms with Crippen molar-refractivity contribution in [1.29, 1.82) is 0 Å². The minimum atomic E-state index is 0.294. The summed E-state index contributed by atoms with van der Waals surface area (Å²) < 4.78 is 0. The van der Waals surface area contributed by atoms with Gasteiger partial charge in [0.05, 0.1) is 5.38 Å². The normalized spacial score (nSPS) is 22.1. The van der Waals surface area contributed by atoms with E-state index in [1.165, 1.54) is 30.6 Å². The van der Waals surface area contributed by atoms with E-state index in [1.54, 1.807) is 5.57 Å². The van der Waals surface area contributed by atoms with Gasteiger partial charge in [0, 0.05) is 4.88 Å². The molecule has 1 aliphatic rings. The molecule has 0 nitrogen and oxygen atoms in total. The molecule has 0 saturated heterocycles. The zero-order valence-electron chi connectivity index (χ0n) is 8.21. The Kier molecular flexibility index (Phi) is 3.66. The lowest BCUT2D eigenvalue weighted by Gasteiger charge is -2.15. The van der Waals surface area contributed by atoms with Crippen LogP contribution in [0.4, 0.5) is 0 Å². The van der Waals surface area contributed by atoms with Crippen molar-refractivity contribution >= 4 is 22.9 Å². The molecule has 1 aromatic heterocycles. The van der Waals surface area contributed by atoms with Crippen LogP contribution in [0.15, 0.2) is 29.2 Å². The van der Waals surface area contributed by atoms with Gasteiger partial charge in [-0.2, -0.15) is 0 Å². The van der Waals surface area contributed by atoms with Crippen LogP contribution in [0.2, 0.25) is 0 Å². The molecule has 1 aromatic rings. The average molecular weight is 227 g/mol. The third-order valence-electron chi connectivity index (χ3n) is 2.67. The number of rotatable bonds is 3. The van der Waals surface area contributed by atoms with Crippen LogP contribution in [0.3, 0.4) is 0 Å². The van der Waals surface area contributed by atoms with E-state index in [9.17, 15) is 0 Å². The number of aryl methyl sites for hydroxylation is 1. The molecule has 2 rings (SSSR count). The summed E-state index contributed by atoms with van der Waals surface area (Å²) in [5, 5.41) is 2.44. The van der Waals surface area contributed by atoms with Crippen LogP contribution in [0, 0.1) is 0 Å². The van der Waals surface area contributed by atoms with E-state index in [0.717, 1.165) is 6.42 Å². The molecule has 0 aromatic carbocycles. The molecule has 0 amide bonds. The summed E-state index contributed by atoms with van der Waals surface area (Å²) in [7, 11) is 0. The van der Waals surface area contributed by atoms with Crippen molar-refractivity contribution < 1.29 is 0 Å². The largest absolute Gasteiger partial charge is 0.149 e. The van der Waals surface area contributed by atoms with Gasteiger partial charge in [0.15, 0.2) is 0 Å². The average Bonchev–Trinajstić information content (AvgIpc) is 2.67. The first kappa shape index (κ1) is 10.3. The van der Waals surface area contributed by atoms with Crippen LogP contribution in [-0.2, 0) is 6.42 Å². The predicted molar refractivity (Wildman–Crippen MR) is 64.2 cm³/mol. The van der Waals surface area contributed by atoms with Crippen molar-refractivity contribution in [1.82, 2.24) is 0 Å². The van der Waals surface area contributed by atoms with Crippen LogP contribution < -0.4 is 0 Å². The second kappa shape index (κ2) is 4.99. The third-order valence-corrected chi connectivity index (χ3v) is 3.95. The van der Waals surface area contributed by atoms with E-state index in [2.05, 4.69) is 23.6 Å². The van der Waals surface area contributed by atoms with Gasteiger partial charge in [0.2, 0.25) is 0 Å². The Bertz CT molecular complexity index is 300. The number of thiophene rings is 1. The minimum Gasteiger partial charge on any atom is -0.149 e. The highest BCUT2D eigenvalue weighted by Crippen LogP contribution is 2.25. The molecule has 0 N–H and O–H groups in total. The first-order valence-electron chi connectivity index (χ1n) is 5.20. The molecule has 2 heteroatoms. The number of hydrogen-bond donors (Lipinski definition) is 0. The van der Waals surface area contributed by atoms with Gasteiger partial charge in [-0.05, 0) is 43.6 Å². The smallest absolute Gasteiger partial charge is 0.0518 e. The summed E-state index contributed by atoms with van der Waals surface area (Å²) in [5.41, 5.74) is 1.56. The van der Waals surface area contributed by atoms with Gasteiger partial charge in [-0.25, -0.2) is 0 Å². The lowest BCUT2D eigenvalue weighted by Crippen LogP contribution is -2.03. The molecule has 0 spiro atoms. The fourth-order valence-corrected chi connectivity index (χ4v) is 2.93. The van der Waals surface area contributed by atoms with E-state index in [0.29, 0.717) is 5.38 Å². The van der Waals surface area contributed by atoms with Crippen molar-refractivity contribution in [2.45, 2.75) is 37.5 Å². The third kappa shape index (κ3) is 2.86. The van der Waals surface area contributed by atoms with Gasteiger partial charge in [0.25, 0.3) is 0 Å². The predicted octanol–water partition coefficient (Wildman–Crippen LogP) is 4.40. The van der Waals surface area contributed by atoms with E-state index in [4.69, 9.17) is 11.6 Å². The summed E-state index contributed by atoms with van der Waals surface area (Å²) >= 11 is 7.95. The van der Waals surface area contributed by atoms with E-state index >= 15 is 0 Å². The Morgan fingerprint density at radius 1 is 1.43 bits per heavy atom. The molecule has 1 aliphatic carbocycles. The zero-order chi connectivity index (χ0) is 9.80. The maximum absolute atomic E-state index is 6.10. The van der Waals surface area contributed by atoms with Crippen molar-refractivity contribution in [2.75, 3.05) is 0 Å². The quantitative estimate of drug-likeness (QED) is 0.530. The second-order valence-electron chi connectivity index (χ2n) is 3.81. The van der Waals surface area contributed by atoms with Crippen LogP contribution >= 0.6 is 22.9 Å². The molecule has 1 atom stereocenters. The highest BCUT2D eigenvalue weighted by molar-refractivity contribution is 7.09. The van der Waals surface area contributed by atoms with Crippen molar-refractivity contribution in [3.8, 4) is 0 Å². The molecule has 0 radical (unpaired) electrons. The summed E-state index contributed by atoms with van der Waals surface area (Å²) in [6.45, 7) is 0. The maximum Gasteiger partial charge on any atom is 0.0518 e. The van der Waals surface area contributed by atoms with Gasteiger partial charge >= 0.3 is 0 Å². The second-order valence-corrected chi connectivity index (χ2v) is 5.41. The number of allylic oxidation sites excluding steroid dienone is 2. The molecule has 0 bridgehead atoms. The van der Waals surface area contributed by atoms with Crippen molar-refractivity contribution in [3.05, 3.63) is 34.0 Å². The van der Waals surface area contributed by atoms with Gasteiger partial charge in [-0.15, -0.1) is 22.9 Å². The van der Waals surface area contributed by atoms with E-state index in [1.807, 2.05) is 11.3 Å². The fourth-order valence-electron chi connectivity index (χ4n) is 1.89. The minimum absolute atomic E-state index is 0.294. The van der Waals surface area contributed by atoms with Gasteiger partial charge in [-0.3, -0.25) is 0 Å². The summed E-state index contributed by atoms with van der Waals surface area (Å²) in [5.74, 6) is 0. The molecule has 0 fully saturated rings. The Morgan fingerprint density at radius 3 is 3.07 bits per heavy atom. The fraction of sp³-hybridized carbons (Fsp3) is 0.500. The molecule has 76 valence electrons. The van der Waals surface area contributed by atoms with Gasteiger partial charge in [0.1, 0.15) is 0 Å². The van der Waals surface area contributed by atoms with E-state index < -0.39 is 0 Å². The molecule has 1 unspecified atom stereocenters. The zero-order valence-corrected chi connectivity index (χ0v) is 9.78. The Balaban J connectivity index is 1.86. The van der Waals surface area contributed by atoms with E-state index in [-0.39, 0.29) is 0 Å². The SMILES string of the molecule is ClC1C=C(CCc2cccs2)CCC1. The maximum atomic E-state index is 6.10. The lowest BCUT2D eigenvalue weighted by atomic mass is 9.95. The number of halogens is 1. The Morgan fingerprint density at radius 2 is 2.36 bits per heavy atom. The monoisotopic (exact) mass is 226 g/mol. The van der Waals surface area contributed by atoms with Crippen LogP contribution in [0.5, 0.6) is 0 Å². The molecular formula is C12H15ClS. The van der Waals surface area contributed by atoms with Crippen LogP contribution in [0.1, 0.15) is 30.6 Å². The molecule has 1 heterocycles. The first-order chi connectivity index (χ1) is 6.84. The highest BCUT2D eigenvalue weighted by atomic mass is 35.5. The molecular weight excluding hydrogens is 212 g/mol. The van der Waals surface area contributed by atoms with Crippen LogP contribution in [-0.4, -0.2) is 5.38 Å². The molecule has 0 saturated carbocycles. The first-order valence-corrected chi connectivity index (χ1v) is 6.52. The summed E-state index contributed by atoms with van der Waals surface area (Å²) in [6, 6.07) is 4.34. The van der Waals surface area contributed by atoms with Crippen molar-refractivity contribution in [3.63, 3.8) is 0 Å². The Labute approximate surface area is 94.6 Å². The van der Waals surface area contributed by atoms with Crippen LogP contribution in [0.25, 0.3) is 0 Å². The number of alkyl halides is 1. The topological polar surface area (TPSA) is 0 Å². The highest BCUT2D eigenvalue weighted by Gasteiger charge is 2.10. The summed E-state index contributed by atoms with van der Waals surface area (Å²) in [4.78, 5) is 1.49. The molecule has 14 heavy (non-hydrogen) atoms. The lowest BCUT2D eigenvalue weighted by molar-refractivity contribution is 0.679. The number of hydrogen-bond acceptors (Lipinski definition) is 1. The van der Waals surface area contributed by atoms with Gasteiger partial charge in [-0.1, -0.05) is 17.7 Å².